The Morgan fingerprint density at radius 1 is 1.50 bits per heavy atom. The summed E-state index contributed by atoms with van der Waals surface area (Å²) in [5, 5.41) is 0. The number of carbonyl (C=O) groups is 1. The van der Waals surface area contributed by atoms with E-state index < -0.39 is 0 Å². The molecular formula is C13H17BrINO2. The highest BCUT2D eigenvalue weighted by Gasteiger charge is 2.20. The third kappa shape index (κ3) is 4.20. The summed E-state index contributed by atoms with van der Waals surface area (Å²) in [6, 6.07) is 5.92. The molecule has 3 nitrogen and oxygen atoms in total. The number of hydrogen-bond donors (Lipinski definition) is 0. The normalized spacial score (nSPS) is 10.8. The highest BCUT2D eigenvalue weighted by atomic mass is 127. The molecule has 0 atom stereocenters. The quantitative estimate of drug-likeness (QED) is 0.675. The smallest absolute Gasteiger partial charge is 0.255 e. The van der Waals surface area contributed by atoms with Crippen LogP contribution in [0.25, 0.3) is 0 Å². The molecule has 0 aromatic heterocycles. The van der Waals surface area contributed by atoms with E-state index in [4.69, 9.17) is 4.74 Å². The Bertz CT molecular complexity index is 423. The molecule has 0 aliphatic heterocycles. The second kappa shape index (κ2) is 7.45. The van der Waals surface area contributed by atoms with E-state index in [-0.39, 0.29) is 11.9 Å². The third-order valence-electron chi connectivity index (χ3n) is 2.58. The minimum Gasteiger partial charge on any atom is -0.383 e. The predicted molar refractivity (Wildman–Crippen MR) is 84.9 cm³/mol. The highest BCUT2D eigenvalue weighted by molar-refractivity contribution is 14.1. The number of benzene rings is 1. The lowest BCUT2D eigenvalue weighted by Gasteiger charge is -2.27. The first-order chi connectivity index (χ1) is 8.47. The Kier molecular flexibility index (Phi) is 6.59. The maximum atomic E-state index is 12.5. The summed E-state index contributed by atoms with van der Waals surface area (Å²) >= 11 is 5.64. The van der Waals surface area contributed by atoms with Crippen molar-refractivity contribution in [3.8, 4) is 0 Å². The van der Waals surface area contributed by atoms with Crippen molar-refractivity contribution in [1.29, 1.82) is 0 Å². The fourth-order valence-corrected chi connectivity index (χ4v) is 2.51. The number of ether oxygens (including phenoxy) is 1. The van der Waals surface area contributed by atoms with Crippen LogP contribution < -0.4 is 0 Å². The van der Waals surface area contributed by atoms with Gasteiger partial charge in [-0.05, 0) is 70.6 Å². The molecule has 0 radical (unpaired) electrons. The van der Waals surface area contributed by atoms with Crippen molar-refractivity contribution in [1.82, 2.24) is 4.90 Å². The van der Waals surface area contributed by atoms with E-state index in [2.05, 4.69) is 38.5 Å². The van der Waals surface area contributed by atoms with Crippen LogP contribution >= 0.6 is 38.5 Å². The van der Waals surface area contributed by atoms with E-state index in [0.717, 1.165) is 8.04 Å². The molecule has 0 aliphatic rings. The zero-order chi connectivity index (χ0) is 13.7. The fraction of sp³-hybridized carbons (Fsp3) is 0.462. The van der Waals surface area contributed by atoms with Crippen LogP contribution in [0.2, 0.25) is 0 Å². The summed E-state index contributed by atoms with van der Waals surface area (Å²) in [6.07, 6.45) is 0. The van der Waals surface area contributed by atoms with Crippen molar-refractivity contribution in [2.24, 2.45) is 0 Å². The molecule has 0 saturated carbocycles. The molecular weight excluding hydrogens is 409 g/mol. The minimum absolute atomic E-state index is 0.0347. The molecule has 1 amide bonds. The van der Waals surface area contributed by atoms with Crippen molar-refractivity contribution in [3.05, 3.63) is 31.8 Å². The number of rotatable bonds is 5. The molecule has 0 spiro atoms. The van der Waals surface area contributed by atoms with E-state index >= 15 is 0 Å². The molecule has 0 fully saturated rings. The molecule has 1 aromatic carbocycles. The standard InChI is InChI=1S/C13H17BrINO2/c1-9(2)16(6-7-18-3)13(17)11-8-10(15)4-5-12(11)14/h4-5,8-9H,6-7H2,1-3H3. The van der Waals surface area contributed by atoms with E-state index in [1.807, 2.05) is 36.9 Å². The Labute approximate surface area is 130 Å². The first-order valence-electron chi connectivity index (χ1n) is 5.72. The number of carbonyl (C=O) groups excluding carboxylic acids is 1. The van der Waals surface area contributed by atoms with Crippen LogP contribution in [-0.2, 0) is 4.74 Å². The third-order valence-corrected chi connectivity index (χ3v) is 3.94. The van der Waals surface area contributed by atoms with Gasteiger partial charge in [-0.25, -0.2) is 0 Å². The Morgan fingerprint density at radius 3 is 2.72 bits per heavy atom. The van der Waals surface area contributed by atoms with Gasteiger partial charge in [0, 0.05) is 27.7 Å². The molecule has 100 valence electrons. The maximum Gasteiger partial charge on any atom is 0.255 e. The van der Waals surface area contributed by atoms with E-state index in [9.17, 15) is 4.79 Å². The maximum absolute atomic E-state index is 12.5. The van der Waals surface area contributed by atoms with Crippen molar-refractivity contribution < 1.29 is 9.53 Å². The molecule has 5 heteroatoms. The fourth-order valence-electron chi connectivity index (χ4n) is 1.60. The number of nitrogens with zero attached hydrogens (tertiary/aromatic N) is 1. The lowest BCUT2D eigenvalue weighted by molar-refractivity contribution is 0.0634. The molecule has 0 unspecified atom stereocenters. The number of amides is 1. The summed E-state index contributed by atoms with van der Waals surface area (Å²) in [5.41, 5.74) is 0.701. The molecule has 0 N–H and O–H groups in total. The van der Waals surface area contributed by atoms with Crippen molar-refractivity contribution in [2.75, 3.05) is 20.3 Å². The van der Waals surface area contributed by atoms with Crippen LogP contribution in [-0.4, -0.2) is 37.1 Å². The molecule has 0 saturated heterocycles. The summed E-state index contributed by atoms with van der Waals surface area (Å²) in [5.74, 6) is 0.0347. The minimum atomic E-state index is 0.0347. The van der Waals surface area contributed by atoms with Gasteiger partial charge in [-0.3, -0.25) is 4.79 Å². The van der Waals surface area contributed by atoms with E-state index in [1.54, 1.807) is 7.11 Å². The van der Waals surface area contributed by atoms with E-state index in [1.165, 1.54) is 0 Å². The summed E-state index contributed by atoms with van der Waals surface area (Å²) in [6.45, 7) is 5.17. The van der Waals surface area contributed by atoms with Gasteiger partial charge in [-0.15, -0.1) is 0 Å². The van der Waals surface area contributed by atoms with Gasteiger partial charge in [0.2, 0.25) is 0 Å². The second-order valence-corrected chi connectivity index (χ2v) is 6.31. The zero-order valence-electron chi connectivity index (χ0n) is 10.7. The summed E-state index contributed by atoms with van der Waals surface area (Å²) in [4.78, 5) is 14.3. The van der Waals surface area contributed by atoms with Gasteiger partial charge in [0.25, 0.3) is 5.91 Å². The number of halogens is 2. The van der Waals surface area contributed by atoms with Crippen LogP contribution in [0.3, 0.4) is 0 Å². The molecule has 0 aliphatic carbocycles. The van der Waals surface area contributed by atoms with Crippen molar-refractivity contribution in [2.45, 2.75) is 19.9 Å². The lowest BCUT2D eigenvalue weighted by atomic mass is 10.1. The van der Waals surface area contributed by atoms with Gasteiger partial charge in [-0.2, -0.15) is 0 Å². The van der Waals surface area contributed by atoms with Crippen molar-refractivity contribution in [3.63, 3.8) is 0 Å². The number of hydrogen-bond acceptors (Lipinski definition) is 2. The van der Waals surface area contributed by atoms with Gasteiger partial charge < -0.3 is 9.64 Å². The first-order valence-corrected chi connectivity index (χ1v) is 7.59. The van der Waals surface area contributed by atoms with Gasteiger partial charge in [0.1, 0.15) is 0 Å². The molecule has 1 aromatic rings. The first kappa shape index (κ1) is 15.9. The van der Waals surface area contributed by atoms with Crippen LogP contribution in [0.15, 0.2) is 22.7 Å². The Morgan fingerprint density at radius 2 is 2.17 bits per heavy atom. The van der Waals surface area contributed by atoms with Gasteiger partial charge in [0.15, 0.2) is 0 Å². The Balaban J connectivity index is 2.98. The summed E-state index contributed by atoms with van der Waals surface area (Å²) in [7, 11) is 1.64. The molecule has 18 heavy (non-hydrogen) atoms. The molecule has 1 rings (SSSR count). The SMILES string of the molecule is COCCN(C(=O)c1cc(I)ccc1Br)C(C)C. The average molecular weight is 426 g/mol. The molecule has 0 heterocycles. The van der Waals surface area contributed by atoms with E-state index in [0.29, 0.717) is 18.7 Å². The summed E-state index contributed by atoms with van der Waals surface area (Å²) < 4.78 is 6.94. The van der Waals surface area contributed by atoms with Crippen LogP contribution in [0.5, 0.6) is 0 Å². The van der Waals surface area contributed by atoms with Crippen LogP contribution in [0.4, 0.5) is 0 Å². The van der Waals surface area contributed by atoms with Crippen LogP contribution in [0.1, 0.15) is 24.2 Å². The Hall–Kier alpha value is -0.140. The number of methoxy groups -OCH3 is 1. The average Bonchev–Trinajstić information content (AvgIpc) is 2.32. The van der Waals surface area contributed by atoms with Crippen LogP contribution in [0, 0.1) is 3.57 Å². The second-order valence-electron chi connectivity index (χ2n) is 4.21. The topological polar surface area (TPSA) is 29.5 Å². The predicted octanol–water partition coefficient (Wildman–Crippen LogP) is 3.55. The largest absolute Gasteiger partial charge is 0.383 e. The van der Waals surface area contributed by atoms with Gasteiger partial charge in [-0.1, -0.05) is 0 Å². The lowest BCUT2D eigenvalue weighted by Crippen LogP contribution is -2.39. The monoisotopic (exact) mass is 425 g/mol. The zero-order valence-corrected chi connectivity index (χ0v) is 14.5. The molecule has 0 bridgehead atoms. The highest BCUT2D eigenvalue weighted by Crippen LogP contribution is 2.21. The van der Waals surface area contributed by atoms with Crippen molar-refractivity contribution >= 4 is 44.4 Å². The van der Waals surface area contributed by atoms with Gasteiger partial charge in [0.05, 0.1) is 12.2 Å². The van der Waals surface area contributed by atoms with Gasteiger partial charge >= 0.3 is 0 Å².